The highest BCUT2D eigenvalue weighted by Crippen LogP contribution is 2.24. The number of benzene rings is 2. The summed E-state index contributed by atoms with van der Waals surface area (Å²) in [6, 6.07) is 17.5. The van der Waals surface area contributed by atoms with Gasteiger partial charge in [0.1, 0.15) is 11.4 Å². The van der Waals surface area contributed by atoms with Crippen molar-refractivity contribution in [3.8, 4) is 0 Å². The standard InChI is InChI=1S/C25H29N5O2S/c1-17(18-10-7-6-8-11-18)26-15-19-16-27-23(33-5)30-22(19)28-20-12-9-13-21(14-20)29-24(31)32-25(2,3)4/h6-17H,1-5H3,(H,29,31)(H,27,28,30). The second-order valence-corrected chi connectivity index (χ2v) is 9.13. The normalized spacial score (nSPS) is 12.4. The van der Waals surface area contributed by atoms with Gasteiger partial charge in [-0.1, -0.05) is 48.2 Å². The summed E-state index contributed by atoms with van der Waals surface area (Å²) < 4.78 is 5.33. The van der Waals surface area contributed by atoms with Gasteiger partial charge in [-0.2, -0.15) is 0 Å². The van der Waals surface area contributed by atoms with Crippen LogP contribution in [0.3, 0.4) is 0 Å². The fourth-order valence-corrected chi connectivity index (χ4v) is 3.25. The van der Waals surface area contributed by atoms with Gasteiger partial charge in [0.05, 0.1) is 11.6 Å². The van der Waals surface area contributed by atoms with Crippen LogP contribution >= 0.6 is 11.8 Å². The maximum Gasteiger partial charge on any atom is 0.412 e. The van der Waals surface area contributed by atoms with Crippen LogP contribution in [0.15, 0.2) is 70.9 Å². The predicted octanol–water partition coefficient (Wildman–Crippen LogP) is 6.47. The zero-order valence-electron chi connectivity index (χ0n) is 19.5. The lowest BCUT2D eigenvalue weighted by atomic mass is 10.1. The lowest BCUT2D eigenvalue weighted by molar-refractivity contribution is 0.0636. The minimum absolute atomic E-state index is 0.000586. The molecule has 1 aromatic heterocycles. The zero-order valence-corrected chi connectivity index (χ0v) is 20.3. The predicted molar refractivity (Wildman–Crippen MR) is 136 cm³/mol. The quantitative estimate of drug-likeness (QED) is 0.237. The fraction of sp³-hybridized carbons (Fsp3) is 0.280. The first kappa shape index (κ1) is 24.3. The minimum Gasteiger partial charge on any atom is -0.444 e. The molecule has 0 aliphatic heterocycles. The highest BCUT2D eigenvalue weighted by molar-refractivity contribution is 7.98. The number of rotatable bonds is 7. The molecule has 0 bridgehead atoms. The second-order valence-electron chi connectivity index (χ2n) is 8.36. The van der Waals surface area contributed by atoms with E-state index in [1.165, 1.54) is 11.8 Å². The molecular formula is C25H29N5O2S. The number of hydrogen-bond acceptors (Lipinski definition) is 7. The summed E-state index contributed by atoms with van der Waals surface area (Å²) in [7, 11) is 0. The number of amides is 1. The average molecular weight is 464 g/mol. The molecule has 2 N–H and O–H groups in total. The largest absolute Gasteiger partial charge is 0.444 e. The number of thioether (sulfide) groups is 1. The number of carbonyl (C=O) groups excluding carboxylic acids is 1. The van der Waals surface area contributed by atoms with Gasteiger partial charge in [0, 0.05) is 23.8 Å². The van der Waals surface area contributed by atoms with E-state index in [0.717, 1.165) is 16.8 Å². The third kappa shape index (κ3) is 7.61. The number of ether oxygens (including phenoxy) is 1. The summed E-state index contributed by atoms with van der Waals surface area (Å²) in [6.45, 7) is 7.52. The van der Waals surface area contributed by atoms with Gasteiger partial charge in [0.25, 0.3) is 0 Å². The summed E-state index contributed by atoms with van der Waals surface area (Å²) in [6.07, 6.45) is 4.96. The lowest BCUT2D eigenvalue weighted by Crippen LogP contribution is -2.27. The van der Waals surface area contributed by atoms with Crippen molar-refractivity contribution in [2.45, 2.75) is 44.5 Å². The van der Waals surface area contributed by atoms with E-state index in [0.29, 0.717) is 16.7 Å². The molecule has 0 spiro atoms. The average Bonchev–Trinajstić information content (AvgIpc) is 2.77. The third-order valence-electron chi connectivity index (χ3n) is 4.47. The first-order valence-electron chi connectivity index (χ1n) is 10.6. The summed E-state index contributed by atoms with van der Waals surface area (Å²) in [5.74, 6) is 0.632. The summed E-state index contributed by atoms with van der Waals surface area (Å²) in [5, 5.41) is 6.73. The maximum absolute atomic E-state index is 12.1. The van der Waals surface area contributed by atoms with Crippen molar-refractivity contribution in [2.24, 2.45) is 4.99 Å². The van der Waals surface area contributed by atoms with E-state index in [-0.39, 0.29) is 6.04 Å². The molecule has 0 radical (unpaired) electrons. The molecule has 0 saturated heterocycles. The van der Waals surface area contributed by atoms with E-state index < -0.39 is 11.7 Å². The topological polar surface area (TPSA) is 88.5 Å². The van der Waals surface area contributed by atoms with Crippen molar-refractivity contribution in [2.75, 3.05) is 16.9 Å². The summed E-state index contributed by atoms with van der Waals surface area (Å²) in [4.78, 5) is 25.8. The molecular weight excluding hydrogens is 434 g/mol. The van der Waals surface area contributed by atoms with Crippen LogP contribution in [0.25, 0.3) is 0 Å². The summed E-state index contributed by atoms with van der Waals surface area (Å²) >= 11 is 1.46. The third-order valence-corrected chi connectivity index (χ3v) is 5.03. The Morgan fingerprint density at radius 3 is 2.55 bits per heavy atom. The smallest absolute Gasteiger partial charge is 0.412 e. The highest BCUT2D eigenvalue weighted by Gasteiger charge is 2.16. The molecule has 1 heterocycles. The second kappa shape index (κ2) is 11.0. The summed E-state index contributed by atoms with van der Waals surface area (Å²) in [5.41, 5.74) is 2.70. The first-order chi connectivity index (χ1) is 15.7. The molecule has 1 atom stereocenters. The Hall–Kier alpha value is -3.39. The van der Waals surface area contributed by atoms with Crippen molar-refractivity contribution in [1.29, 1.82) is 0 Å². The fourth-order valence-electron chi connectivity index (χ4n) is 2.91. The van der Waals surface area contributed by atoms with Gasteiger partial charge in [-0.05, 0) is 57.7 Å². The molecule has 172 valence electrons. The monoisotopic (exact) mass is 463 g/mol. The molecule has 0 fully saturated rings. The molecule has 0 aliphatic rings. The molecule has 0 saturated carbocycles. The molecule has 0 aliphatic carbocycles. The van der Waals surface area contributed by atoms with Gasteiger partial charge in [-0.15, -0.1) is 0 Å². The molecule has 3 aromatic rings. The molecule has 8 heteroatoms. The van der Waals surface area contributed by atoms with Crippen LogP contribution in [-0.4, -0.2) is 34.1 Å². The van der Waals surface area contributed by atoms with Crippen molar-refractivity contribution in [3.05, 3.63) is 71.9 Å². The van der Waals surface area contributed by atoms with E-state index in [4.69, 9.17) is 4.74 Å². The molecule has 2 aromatic carbocycles. The maximum atomic E-state index is 12.1. The zero-order chi connectivity index (χ0) is 23.8. The Morgan fingerprint density at radius 1 is 1.12 bits per heavy atom. The van der Waals surface area contributed by atoms with Crippen LogP contribution in [0.1, 0.15) is 44.9 Å². The molecule has 1 unspecified atom stereocenters. The van der Waals surface area contributed by atoms with Crippen molar-refractivity contribution >= 4 is 41.3 Å². The Kier molecular flexibility index (Phi) is 8.06. The van der Waals surface area contributed by atoms with Crippen molar-refractivity contribution < 1.29 is 9.53 Å². The molecule has 1 amide bonds. The van der Waals surface area contributed by atoms with E-state index in [2.05, 4.69) is 37.7 Å². The first-order valence-corrected chi connectivity index (χ1v) is 11.8. The van der Waals surface area contributed by atoms with E-state index in [1.54, 1.807) is 18.5 Å². The van der Waals surface area contributed by atoms with Crippen LogP contribution in [0.2, 0.25) is 0 Å². The van der Waals surface area contributed by atoms with Gasteiger partial charge in [0.2, 0.25) is 0 Å². The van der Waals surface area contributed by atoms with E-state index in [1.807, 2.05) is 70.3 Å². The number of aromatic nitrogens is 2. The number of nitrogens with one attached hydrogen (secondary N) is 2. The number of carbonyl (C=O) groups is 1. The van der Waals surface area contributed by atoms with Gasteiger partial charge >= 0.3 is 6.09 Å². The van der Waals surface area contributed by atoms with Gasteiger partial charge in [-0.3, -0.25) is 10.3 Å². The number of nitrogens with zero attached hydrogens (tertiary/aromatic N) is 3. The van der Waals surface area contributed by atoms with Crippen LogP contribution in [0.4, 0.5) is 22.0 Å². The highest BCUT2D eigenvalue weighted by atomic mass is 32.2. The Labute approximate surface area is 199 Å². The molecule has 3 rings (SSSR count). The van der Waals surface area contributed by atoms with Gasteiger partial charge < -0.3 is 10.1 Å². The Morgan fingerprint density at radius 2 is 1.85 bits per heavy atom. The lowest BCUT2D eigenvalue weighted by Gasteiger charge is -2.19. The van der Waals surface area contributed by atoms with E-state index >= 15 is 0 Å². The van der Waals surface area contributed by atoms with Crippen LogP contribution in [-0.2, 0) is 4.74 Å². The SMILES string of the molecule is CSc1ncc(C=NC(C)c2ccccc2)c(Nc2cccc(NC(=O)OC(C)(C)C)c2)n1. The molecule has 7 nitrogen and oxygen atoms in total. The van der Waals surface area contributed by atoms with Crippen molar-refractivity contribution in [3.63, 3.8) is 0 Å². The minimum atomic E-state index is -0.569. The Balaban J connectivity index is 1.80. The van der Waals surface area contributed by atoms with Gasteiger partial charge in [0.15, 0.2) is 5.16 Å². The van der Waals surface area contributed by atoms with Gasteiger partial charge in [-0.25, -0.2) is 14.8 Å². The van der Waals surface area contributed by atoms with Crippen LogP contribution in [0.5, 0.6) is 0 Å². The number of anilines is 3. The Bertz CT molecular complexity index is 1110. The van der Waals surface area contributed by atoms with Crippen LogP contribution in [0, 0.1) is 0 Å². The van der Waals surface area contributed by atoms with Crippen molar-refractivity contribution in [1.82, 2.24) is 9.97 Å². The number of hydrogen-bond donors (Lipinski definition) is 2. The van der Waals surface area contributed by atoms with Crippen LogP contribution < -0.4 is 10.6 Å². The van der Waals surface area contributed by atoms with E-state index in [9.17, 15) is 4.79 Å². The number of aliphatic imine (C=N–C) groups is 1. The molecule has 33 heavy (non-hydrogen) atoms.